The Balaban J connectivity index is 1.48. The lowest BCUT2D eigenvalue weighted by atomic mass is 10.0. The van der Waals surface area contributed by atoms with E-state index < -0.39 is 0 Å². The molecule has 180 valence electrons. The first kappa shape index (κ1) is 24.3. The lowest BCUT2D eigenvalue weighted by molar-refractivity contribution is 0.0977. The maximum absolute atomic E-state index is 12.7. The van der Waals surface area contributed by atoms with Gasteiger partial charge in [0, 0.05) is 11.3 Å². The molecule has 3 aromatic carbocycles. The van der Waals surface area contributed by atoms with Crippen molar-refractivity contribution in [1.29, 1.82) is 0 Å². The molecular formula is C27H29N5O2S. The van der Waals surface area contributed by atoms with Gasteiger partial charge in [-0.15, -0.1) is 10.2 Å². The molecule has 1 heterocycles. The number of carbonyl (C=O) groups excluding carboxylic acids is 1. The molecule has 0 unspecified atom stereocenters. The van der Waals surface area contributed by atoms with Gasteiger partial charge in [0.1, 0.15) is 16.8 Å². The molecular weight excluding hydrogens is 458 g/mol. The Bertz CT molecular complexity index is 1380. The monoisotopic (exact) mass is 487 g/mol. The SMILES string of the molecule is Cc1cc2nn(-c3ccc(C(C)C)cc3)nc2cc1NC(=S)NC(=O)c1cccc(OC(C)C)c1. The van der Waals surface area contributed by atoms with Crippen molar-refractivity contribution in [2.45, 2.75) is 46.6 Å². The number of ether oxygens (including phenoxy) is 1. The normalized spacial score (nSPS) is 11.2. The Morgan fingerprint density at radius 3 is 2.31 bits per heavy atom. The number of nitrogens with zero attached hydrogens (tertiary/aromatic N) is 3. The van der Waals surface area contributed by atoms with Crippen LogP contribution in [0.2, 0.25) is 0 Å². The zero-order valence-electron chi connectivity index (χ0n) is 20.5. The van der Waals surface area contributed by atoms with E-state index in [9.17, 15) is 4.79 Å². The number of aromatic nitrogens is 3. The van der Waals surface area contributed by atoms with Crippen LogP contribution in [-0.4, -0.2) is 32.1 Å². The standard InChI is InChI=1S/C27H29N5O2S/c1-16(2)19-9-11-21(12-10-19)32-30-24-13-18(5)23(15-25(24)31-32)28-27(35)29-26(33)20-7-6-8-22(14-20)34-17(3)4/h6-17H,1-5H3,(H2,28,29,33,35). The number of anilines is 1. The predicted molar refractivity (Wildman–Crippen MR) is 144 cm³/mol. The van der Waals surface area contributed by atoms with Gasteiger partial charge in [-0.2, -0.15) is 4.80 Å². The fraction of sp³-hybridized carbons (Fsp3) is 0.259. The molecule has 2 N–H and O–H groups in total. The Kier molecular flexibility index (Phi) is 7.12. The molecule has 0 aliphatic carbocycles. The molecule has 0 saturated heterocycles. The van der Waals surface area contributed by atoms with E-state index in [1.807, 2.05) is 51.1 Å². The van der Waals surface area contributed by atoms with Crippen LogP contribution in [-0.2, 0) is 0 Å². The quantitative estimate of drug-likeness (QED) is 0.336. The summed E-state index contributed by atoms with van der Waals surface area (Å²) in [5.41, 5.74) is 5.81. The zero-order valence-corrected chi connectivity index (χ0v) is 21.3. The number of rotatable bonds is 6. The summed E-state index contributed by atoms with van der Waals surface area (Å²) in [6.45, 7) is 10.2. The van der Waals surface area contributed by atoms with Gasteiger partial charge in [-0.3, -0.25) is 10.1 Å². The summed E-state index contributed by atoms with van der Waals surface area (Å²) in [5, 5.41) is 15.3. The Hall–Kier alpha value is -3.78. The van der Waals surface area contributed by atoms with Gasteiger partial charge in [-0.05, 0) is 92.5 Å². The molecule has 4 rings (SSSR count). The number of benzene rings is 3. The van der Waals surface area contributed by atoms with E-state index in [4.69, 9.17) is 17.0 Å². The van der Waals surface area contributed by atoms with Crippen LogP contribution in [0.5, 0.6) is 5.75 Å². The van der Waals surface area contributed by atoms with Crippen molar-refractivity contribution in [3.05, 3.63) is 77.4 Å². The van der Waals surface area contributed by atoms with Crippen LogP contribution in [0.3, 0.4) is 0 Å². The van der Waals surface area contributed by atoms with Gasteiger partial charge in [0.15, 0.2) is 5.11 Å². The minimum Gasteiger partial charge on any atom is -0.491 e. The van der Waals surface area contributed by atoms with Gasteiger partial charge in [0.25, 0.3) is 5.91 Å². The lowest BCUT2D eigenvalue weighted by Gasteiger charge is -2.13. The fourth-order valence-electron chi connectivity index (χ4n) is 3.62. The molecule has 8 heteroatoms. The van der Waals surface area contributed by atoms with Crippen LogP contribution in [0.4, 0.5) is 5.69 Å². The number of fused-ring (bicyclic) bond motifs is 1. The highest BCUT2D eigenvalue weighted by Gasteiger charge is 2.13. The van der Waals surface area contributed by atoms with Crippen molar-refractivity contribution < 1.29 is 9.53 Å². The van der Waals surface area contributed by atoms with E-state index >= 15 is 0 Å². The topological polar surface area (TPSA) is 81.1 Å². The highest BCUT2D eigenvalue weighted by molar-refractivity contribution is 7.80. The second kappa shape index (κ2) is 10.2. The van der Waals surface area contributed by atoms with Gasteiger partial charge < -0.3 is 10.1 Å². The highest BCUT2D eigenvalue weighted by atomic mass is 32.1. The molecule has 0 bridgehead atoms. The Labute approximate surface area is 210 Å². The maximum atomic E-state index is 12.7. The summed E-state index contributed by atoms with van der Waals surface area (Å²) < 4.78 is 5.67. The van der Waals surface area contributed by atoms with Crippen molar-refractivity contribution in [3.63, 3.8) is 0 Å². The van der Waals surface area contributed by atoms with Crippen molar-refractivity contribution in [1.82, 2.24) is 20.3 Å². The molecule has 1 aromatic heterocycles. The van der Waals surface area contributed by atoms with E-state index in [1.165, 1.54) is 5.56 Å². The second-order valence-corrected chi connectivity index (χ2v) is 9.40. The number of carbonyl (C=O) groups is 1. The van der Waals surface area contributed by atoms with Crippen LogP contribution in [0.15, 0.2) is 60.7 Å². The average molecular weight is 488 g/mol. The number of thiocarbonyl (C=S) groups is 1. The smallest absolute Gasteiger partial charge is 0.257 e. The van der Waals surface area contributed by atoms with Gasteiger partial charge in [-0.1, -0.05) is 32.0 Å². The molecule has 0 radical (unpaired) electrons. The molecule has 35 heavy (non-hydrogen) atoms. The van der Waals surface area contributed by atoms with Crippen LogP contribution in [0, 0.1) is 6.92 Å². The average Bonchev–Trinajstić information content (AvgIpc) is 3.21. The second-order valence-electron chi connectivity index (χ2n) is 8.99. The largest absolute Gasteiger partial charge is 0.491 e. The minimum atomic E-state index is -0.314. The molecule has 0 spiro atoms. The molecule has 0 fully saturated rings. The molecule has 1 amide bonds. The highest BCUT2D eigenvalue weighted by Crippen LogP contribution is 2.23. The third-order valence-electron chi connectivity index (χ3n) is 5.46. The summed E-state index contributed by atoms with van der Waals surface area (Å²) in [5.74, 6) is 0.785. The molecule has 0 saturated carbocycles. The lowest BCUT2D eigenvalue weighted by Crippen LogP contribution is -2.34. The van der Waals surface area contributed by atoms with E-state index in [0.29, 0.717) is 17.2 Å². The zero-order chi connectivity index (χ0) is 25.1. The minimum absolute atomic E-state index is 0.0197. The summed E-state index contributed by atoms with van der Waals surface area (Å²) in [4.78, 5) is 14.3. The van der Waals surface area contributed by atoms with Gasteiger partial charge in [-0.25, -0.2) is 0 Å². The van der Waals surface area contributed by atoms with E-state index in [-0.39, 0.29) is 17.1 Å². The first-order valence-corrected chi connectivity index (χ1v) is 12.0. The molecule has 0 aliphatic rings. The van der Waals surface area contributed by atoms with Crippen molar-refractivity contribution in [2.24, 2.45) is 0 Å². The third-order valence-corrected chi connectivity index (χ3v) is 5.66. The number of amides is 1. The van der Waals surface area contributed by atoms with E-state index in [0.717, 1.165) is 28.0 Å². The van der Waals surface area contributed by atoms with Crippen molar-refractivity contribution in [2.75, 3.05) is 5.32 Å². The summed E-state index contributed by atoms with van der Waals surface area (Å²) in [6, 6.07) is 19.1. The summed E-state index contributed by atoms with van der Waals surface area (Å²) >= 11 is 5.40. The van der Waals surface area contributed by atoms with Gasteiger partial charge in [0.2, 0.25) is 0 Å². The Morgan fingerprint density at radius 1 is 0.971 bits per heavy atom. The van der Waals surface area contributed by atoms with E-state index in [1.54, 1.807) is 23.0 Å². The first-order chi connectivity index (χ1) is 16.7. The number of nitrogens with one attached hydrogen (secondary N) is 2. The van der Waals surface area contributed by atoms with Gasteiger partial charge in [0.05, 0.1) is 11.8 Å². The number of hydrogen-bond donors (Lipinski definition) is 2. The van der Waals surface area contributed by atoms with Crippen LogP contribution >= 0.6 is 12.2 Å². The maximum Gasteiger partial charge on any atom is 0.257 e. The van der Waals surface area contributed by atoms with E-state index in [2.05, 4.69) is 46.8 Å². The third kappa shape index (κ3) is 5.84. The van der Waals surface area contributed by atoms with Crippen molar-refractivity contribution >= 4 is 40.0 Å². The predicted octanol–water partition coefficient (Wildman–Crippen LogP) is 5.77. The molecule has 0 aliphatic heterocycles. The molecule has 7 nitrogen and oxygen atoms in total. The Morgan fingerprint density at radius 2 is 1.66 bits per heavy atom. The first-order valence-electron chi connectivity index (χ1n) is 11.6. The molecule has 0 atom stereocenters. The van der Waals surface area contributed by atoms with Crippen molar-refractivity contribution in [3.8, 4) is 11.4 Å². The van der Waals surface area contributed by atoms with Crippen LogP contribution < -0.4 is 15.4 Å². The summed E-state index contributed by atoms with van der Waals surface area (Å²) in [7, 11) is 0. The number of aryl methyl sites for hydroxylation is 1. The van der Waals surface area contributed by atoms with Crippen LogP contribution in [0.25, 0.3) is 16.7 Å². The fourth-order valence-corrected chi connectivity index (χ4v) is 3.82. The summed E-state index contributed by atoms with van der Waals surface area (Å²) in [6.07, 6.45) is 0.0197. The number of hydrogen-bond acceptors (Lipinski definition) is 5. The van der Waals surface area contributed by atoms with Gasteiger partial charge >= 0.3 is 0 Å². The molecule has 4 aromatic rings. The van der Waals surface area contributed by atoms with Crippen LogP contribution in [0.1, 0.15) is 55.1 Å².